The quantitative estimate of drug-likeness (QED) is 0.899. The molecule has 1 aromatic carbocycles. The van der Waals surface area contributed by atoms with E-state index in [2.05, 4.69) is 17.0 Å². The largest absolute Gasteiger partial charge is 0.573 e. The first-order valence-corrected chi connectivity index (χ1v) is 5.96. The zero-order valence-electron chi connectivity index (χ0n) is 10.2. The van der Waals surface area contributed by atoms with Gasteiger partial charge >= 0.3 is 6.36 Å². The lowest BCUT2D eigenvalue weighted by Crippen LogP contribution is -2.38. The van der Waals surface area contributed by atoms with Gasteiger partial charge in [0.2, 0.25) is 0 Å². The van der Waals surface area contributed by atoms with Gasteiger partial charge in [0, 0.05) is 5.54 Å². The fourth-order valence-corrected chi connectivity index (χ4v) is 2.37. The lowest BCUT2D eigenvalue weighted by Gasteiger charge is -2.24. The monoisotopic (exact) mass is 259 g/mol. The SMILES string of the molecule is C[C@@]1(Cc2ccc(OC(F)(F)F)cc2)CCCN1. The van der Waals surface area contributed by atoms with E-state index in [0.29, 0.717) is 0 Å². The summed E-state index contributed by atoms with van der Waals surface area (Å²) >= 11 is 0. The van der Waals surface area contributed by atoms with E-state index in [1.165, 1.54) is 12.1 Å². The van der Waals surface area contributed by atoms with Crippen LogP contribution < -0.4 is 10.1 Å². The molecule has 0 unspecified atom stereocenters. The molecule has 0 saturated carbocycles. The molecule has 1 N–H and O–H groups in total. The van der Waals surface area contributed by atoms with Crippen LogP contribution in [0, 0.1) is 0 Å². The standard InChI is InChI=1S/C13H16F3NO/c1-12(7-2-8-17-12)9-10-3-5-11(6-4-10)18-13(14,15)16/h3-6,17H,2,7-9H2,1H3/t12-/m0/s1. The molecule has 1 aliphatic heterocycles. The third-order valence-corrected chi connectivity index (χ3v) is 3.21. The van der Waals surface area contributed by atoms with Crippen molar-refractivity contribution in [2.45, 2.75) is 38.1 Å². The van der Waals surface area contributed by atoms with Crippen molar-refractivity contribution in [3.63, 3.8) is 0 Å². The molecule has 1 saturated heterocycles. The highest BCUT2D eigenvalue weighted by atomic mass is 19.4. The number of hydrogen-bond donors (Lipinski definition) is 1. The summed E-state index contributed by atoms with van der Waals surface area (Å²) in [4.78, 5) is 0. The van der Waals surface area contributed by atoms with Gasteiger partial charge in [0.25, 0.3) is 0 Å². The Morgan fingerprint density at radius 2 is 1.94 bits per heavy atom. The van der Waals surface area contributed by atoms with Gasteiger partial charge in [-0.15, -0.1) is 13.2 Å². The van der Waals surface area contributed by atoms with Crippen molar-refractivity contribution >= 4 is 0 Å². The number of ether oxygens (including phenoxy) is 1. The summed E-state index contributed by atoms with van der Waals surface area (Å²) in [7, 11) is 0. The summed E-state index contributed by atoms with van der Waals surface area (Å²) in [5.74, 6) is -0.171. The summed E-state index contributed by atoms with van der Waals surface area (Å²) in [6.07, 6.45) is -1.57. The topological polar surface area (TPSA) is 21.3 Å². The van der Waals surface area contributed by atoms with Crippen LogP contribution in [0.1, 0.15) is 25.3 Å². The van der Waals surface area contributed by atoms with Crippen LogP contribution in [0.2, 0.25) is 0 Å². The minimum Gasteiger partial charge on any atom is -0.406 e. The van der Waals surface area contributed by atoms with Crippen LogP contribution in [-0.4, -0.2) is 18.4 Å². The average Bonchev–Trinajstić information content (AvgIpc) is 2.66. The maximum absolute atomic E-state index is 12.0. The van der Waals surface area contributed by atoms with Gasteiger partial charge in [0.1, 0.15) is 5.75 Å². The van der Waals surface area contributed by atoms with E-state index in [4.69, 9.17) is 0 Å². The fraction of sp³-hybridized carbons (Fsp3) is 0.538. The van der Waals surface area contributed by atoms with Gasteiger partial charge in [0.15, 0.2) is 0 Å². The van der Waals surface area contributed by atoms with E-state index in [1.54, 1.807) is 12.1 Å². The molecule has 1 aliphatic rings. The van der Waals surface area contributed by atoms with Crippen molar-refractivity contribution in [1.29, 1.82) is 0 Å². The van der Waals surface area contributed by atoms with Crippen LogP contribution in [0.4, 0.5) is 13.2 Å². The van der Waals surface area contributed by atoms with Crippen molar-refractivity contribution in [1.82, 2.24) is 5.32 Å². The van der Waals surface area contributed by atoms with Crippen molar-refractivity contribution in [2.24, 2.45) is 0 Å². The van der Waals surface area contributed by atoms with E-state index in [9.17, 15) is 13.2 Å². The van der Waals surface area contributed by atoms with Gasteiger partial charge in [-0.1, -0.05) is 12.1 Å². The average molecular weight is 259 g/mol. The van der Waals surface area contributed by atoms with Crippen LogP contribution in [-0.2, 0) is 6.42 Å². The number of halogens is 3. The summed E-state index contributed by atoms with van der Waals surface area (Å²) in [5.41, 5.74) is 1.08. The molecule has 1 fully saturated rings. The van der Waals surface area contributed by atoms with Gasteiger partial charge in [-0.2, -0.15) is 0 Å². The molecule has 5 heteroatoms. The molecule has 0 aromatic heterocycles. The van der Waals surface area contributed by atoms with E-state index >= 15 is 0 Å². The predicted molar refractivity (Wildman–Crippen MR) is 62.5 cm³/mol. The summed E-state index contributed by atoms with van der Waals surface area (Å²) in [6, 6.07) is 6.10. The molecular weight excluding hydrogens is 243 g/mol. The Labute approximate surface area is 104 Å². The first kappa shape index (κ1) is 13.2. The molecule has 0 radical (unpaired) electrons. The summed E-state index contributed by atoms with van der Waals surface area (Å²) < 4.78 is 39.8. The molecule has 0 bridgehead atoms. The zero-order chi connectivity index (χ0) is 13.2. The van der Waals surface area contributed by atoms with Gasteiger partial charge in [-0.25, -0.2) is 0 Å². The minimum absolute atomic E-state index is 0.0619. The molecule has 0 spiro atoms. The van der Waals surface area contributed by atoms with Gasteiger partial charge in [-0.05, 0) is 50.4 Å². The second-order valence-corrected chi connectivity index (χ2v) is 4.96. The molecule has 2 nitrogen and oxygen atoms in total. The van der Waals surface area contributed by atoms with Gasteiger partial charge in [0.05, 0.1) is 0 Å². The molecule has 1 heterocycles. The molecule has 0 aliphatic carbocycles. The maximum atomic E-state index is 12.0. The Hall–Kier alpha value is -1.23. The molecule has 18 heavy (non-hydrogen) atoms. The normalized spacial score (nSPS) is 24.2. The van der Waals surface area contributed by atoms with Crippen molar-refractivity contribution in [3.05, 3.63) is 29.8 Å². The molecule has 100 valence electrons. The Bertz CT molecular complexity index is 394. The lowest BCUT2D eigenvalue weighted by molar-refractivity contribution is -0.274. The second kappa shape index (κ2) is 4.80. The Morgan fingerprint density at radius 1 is 1.28 bits per heavy atom. The molecular formula is C13H16F3NO. The number of hydrogen-bond acceptors (Lipinski definition) is 2. The number of alkyl halides is 3. The second-order valence-electron chi connectivity index (χ2n) is 4.96. The van der Waals surface area contributed by atoms with Crippen molar-refractivity contribution < 1.29 is 17.9 Å². The third-order valence-electron chi connectivity index (χ3n) is 3.21. The highest BCUT2D eigenvalue weighted by molar-refractivity contribution is 5.28. The number of benzene rings is 1. The van der Waals surface area contributed by atoms with E-state index in [0.717, 1.165) is 31.4 Å². The van der Waals surface area contributed by atoms with Crippen LogP contribution in [0.5, 0.6) is 5.75 Å². The summed E-state index contributed by atoms with van der Waals surface area (Å²) in [5, 5.41) is 3.42. The van der Waals surface area contributed by atoms with E-state index < -0.39 is 6.36 Å². The lowest BCUT2D eigenvalue weighted by atomic mass is 9.91. The van der Waals surface area contributed by atoms with Gasteiger partial charge < -0.3 is 10.1 Å². The minimum atomic E-state index is -4.62. The maximum Gasteiger partial charge on any atom is 0.573 e. The smallest absolute Gasteiger partial charge is 0.406 e. The van der Waals surface area contributed by atoms with Gasteiger partial charge in [-0.3, -0.25) is 0 Å². The van der Waals surface area contributed by atoms with Crippen LogP contribution >= 0.6 is 0 Å². The van der Waals surface area contributed by atoms with Crippen LogP contribution in [0.3, 0.4) is 0 Å². The number of nitrogens with one attached hydrogen (secondary N) is 1. The van der Waals surface area contributed by atoms with Crippen molar-refractivity contribution in [2.75, 3.05) is 6.54 Å². The first-order chi connectivity index (χ1) is 8.36. The van der Waals surface area contributed by atoms with Crippen molar-refractivity contribution in [3.8, 4) is 5.75 Å². The molecule has 0 amide bonds. The number of rotatable bonds is 3. The highest BCUT2D eigenvalue weighted by Gasteiger charge is 2.31. The first-order valence-electron chi connectivity index (χ1n) is 5.96. The van der Waals surface area contributed by atoms with Crippen LogP contribution in [0.25, 0.3) is 0 Å². The third kappa shape index (κ3) is 3.63. The highest BCUT2D eigenvalue weighted by Crippen LogP contribution is 2.26. The summed E-state index contributed by atoms with van der Waals surface area (Å²) in [6.45, 7) is 3.14. The van der Waals surface area contributed by atoms with Crippen LogP contribution in [0.15, 0.2) is 24.3 Å². The zero-order valence-corrected chi connectivity index (χ0v) is 10.2. The van der Waals surface area contributed by atoms with E-state index in [1.807, 2.05) is 0 Å². The molecule has 1 atom stereocenters. The molecule has 1 aromatic rings. The predicted octanol–water partition coefficient (Wildman–Crippen LogP) is 3.27. The van der Waals surface area contributed by atoms with E-state index in [-0.39, 0.29) is 11.3 Å². The fourth-order valence-electron chi connectivity index (χ4n) is 2.37. The Balaban J connectivity index is 1.99. The Kier molecular flexibility index (Phi) is 3.52. The molecule has 2 rings (SSSR count). The Morgan fingerprint density at radius 3 is 2.44 bits per heavy atom.